The summed E-state index contributed by atoms with van der Waals surface area (Å²) in [5, 5.41) is 2.28. The van der Waals surface area contributed by atoms with E-state index < -0.39 is 0 Å². The number of hydrogen-bond donors (Lipinski definition) is 0. The molecule has 0 atom stereocenters. The third kappa shape index (κ3) is 8.41. The number of benzene rings is 8. The molecule has 5 heterocycles. The molecule has 0 aliphatic carbocycles. The number of imide groups is 1. The molecule has 0 radical (unpaired) electrons. The first-order valence-electron chi connectivity index (χ1n) is 28.6. The van der Waals surface area contributed by atoms with Crippen molar-refractivity contribution in [3.05, 3.63) is 216 Å². The zero-order chi connectivity index (χ0) is 56.8. The lowest BCUT2D eigenvalue weighted by molar-refractivity contribution is 0.0656. The number of anilines is 7. The molecule has 10 aromatic rings. The third-order valence-electron chi connectivity index (χ3n) is 17.4. The fourth-order valence-electron chi connectivity index (χ4n) is 12.8. The third-order valence-corrected chi connectivity index (χ3v) is 17.4. The summed E-state index contributed by atoms with van der Waals surface area (Å²) in [6.07, 6.45) is 4.47. The summed E-state index contributed by atoms with van der Waals surface area (Å²) in [6.45, 7) is 27.2. The molecule has 0 bridgehead atoms. The molecule has 2 amide bonds. The van der Waals surface area contributed by atoms with Gasteiger partial charge in [0.1, 0.15) is 6.67 Å². The first-order chi connectivity index (χ1) is 38.5. The van der Waals surface area contributed by atoms with Gasteiger partial charge in [-0.1, -0.05) is 156 Å². The summed E-state index contributed by atoms with van der Waals surface area (Å²) in [7, 11) is 1.98. The van der Waals surface area contributed by atoms with Crippen LogP contribution in [0.3, 0.4) is 0 Å². The molecule has 3 aliphatic heterocycles. The van der Waals surface area contributed by atoms with Gasteiger partial charge in [-0.2, -0.15) is 0 Å². The Hall–Kier alpha value is -8.56. The van der Waals surface area contributed by atoms with Crippen molar-refractivity contribution in [3.8, 4) is 11.4 Å². The Kier molecular flexibility index (Phi) is 11.7. The van der Waals surface area contributed by atoms with Gasteiger partial charge in [-0.15, -0.1) is 0 Å². The predicted octanol–water partition coefficient (Wildman–Crippen LogP) is 15.5. The lowest BCUT2D eigenvalue weighted by Crippen LogP contribution is -2.59. The fourth-order valence-corrected chi connectivity index (χ4v) is 12.8. The van der Waals surface area contributed by atoms with E-state index in [1.165, 1.54) is 43.5 Å². The van der Waals surface area contributed by atoms with Gasteiger partial charge < -0.3 is 23.8 Å². The molecule has 404 valence electrons. The Morgan fingerprint density at radius 2 is 0.741 bits per heavy atom. The van der Waals surface area contributed by atoms with Crippen molar-refractivity contribution in [2.24, 2.45) is 0 Å². The Labute approximate surface area is 477 Å². The van der Waals surface area contributed by atoms with Gasteiger partial charge in [0.05, 0.1) is 33.5 Å². The largest absolute Gasteiger partial charge is 0.356 e. The molecule has 2 aromatic heterocycles. The zero-order valence-electron chi connectivity index (χ0n) is 49.1. The van der Waals surface area contributed by atoms with E-state index in [1.807, 2.05) is 24.1 Å². The molecular formula is C72H71BN6O2. The maximum absolute atomic E-state index is 13.9. The summed E-state index contributed by atoms with van der Waals surface area (Å²) in [6, 6.07) is 62.1. The summed E-state index contributed by atoms with van der Waals surface area (Å²) in [4.78, 5) is 36.1. The predicted molar refractivity (Wildman–Crippen MR) is 339 cm³/mol. The molecule has 9 heteroatoms. The van der Waals surface area contributed by atoms with Gasteiger partial charge in [0, 0.05) is 70.0 Å². The second-order valence-corrected chi connectivity index (χ2v) is 26.9. The minimum absolute atomic E-state index is 0.00170. The Bertz CT molecular complexity index is 3800. The number of aromatic nitrogens is 2. The van der Waals surface area contributed by atoms with E-state index in [0.717, 1.165) is 73.0 Å². The fraction of sp³-hybridized carbons (Fsp3) is 0.250. The molecule has 0 unspecified atom stereocenters. The topological polar surface area (TPSA) is 57.0 Å². The maximum atomic E-state index is 13.9. The summed E-state index contributed by atoms with van der Waals surface area (Å²) in [5.74, 6) is -0.555. The number of amides is 2. The van der Waals surface area contributed by atoms with Crippen molar-refractivity contribution >= 4 is 96.5 Å². The molecule has 0 spiro atoms. The second kappa shape index (κ2) is 18.2. The van der Waals surface area contributed by atoms with Gasteiger partial charge in [-0.3, -0.25) is 14.5 Å². The summed E-state index contributed by atoms with van der Waals surface area (Å²) < 4.78 is 4.77. The normalized spacial score (nSPS) is 13.8. The number of rotatable bonds is 9. The molecule has 0 N–H and O–H groups in total. The molecule has 8 aromatic carbocycles. The van der Waals surface area contributed by atoms with Crippen LogP contribution in [0.2, 0.25) is 0 Å². The van der Waals surface area contributed by atoms with Crippen LogP contribution in [0.15, 0.2) is 182 Å². The maximum Gasteiger partial charge on any atom is 0.263 e. The van der Waals surface area contributed by atoms with Crippen LogP contribution in [0.4, 0.5) is 39.8 Å². The van der Waals surface area contributed by atoms with Gasteiger partial charge >= 0.3 is 0 Å². The Morgan fingerprint density at radius 3 is 1.06 bits per heavy atom. The lowest BCUT2D eigenvalue weighted by Gasteiger charge is -2.36. The van der Waals surface area contributed by atoms with Gasteiger partial charge in [0.15, 0.2) is 0 Å². The van der Waals surface area contributed by atoms with Crippen LogP contribution in [0.1, 0.15) is 126 Å². The van der Waals surface area contributed by atoms with Crippen LogP contribution >= 0.6 is 0 Å². The van der Waals surface area contributed by atoms with Crippen molar-refractivity contribution < 1.29 is 9.59 Å². The van der Waals surface area contributed by atoms with E-state index in [-0.39, 0.29) is 46.9 Å². The first kappa shape index (κ1) is 51.9. The second-order valence-electron chi connectivity index (χ2n) is 26.9. The quantitative estimate of drug-likeness (QED) is 0.106. The number of carbonyl (C=O) groups excluding carboxylic acids is 2. The number of nitrogens with zero attached hydrogens (tertiary/aromatic N) is 6. The number of carbonyl (C=O) groups is 2. The lowest BCUT2D eigenvalue weighted by atomic mass is 9.34. The van der Waals surface area contributed by atoms with Crippen LogP contribution in [0, 0.1) is 0 Å². The van der Waals surface area contributed by atoms with Crippen molar-refractivity contribution in [1.82, 2.24) is 14.0 Å². The van der Waals surface area contributed by atoms with Crippen molar-refractivity contribution in [1.29, 1.82) is 0 Å². The van der Waals surface area contributed by atoms with Gasteiger partial charge in [-0.05, 0) is 157 Å². The van der Waals surface area contributed by atoms with Crippen LogP contribution < -0.4 is 31.1 Å². The summed E-state index contributed by atoms with van der Waals surface area (Å²) >= 11 is 0. The van der Waals surface area contributed by atoms with E-state index >= 15 is 0 Å². The average molecular weight is 1060 g/mol. The standard InChI is InChI=1S/C72H71BN6O2/c1-69(2,3)45-18-26-49(27-19-45)78(50-28-20-46(21-29-50)70(4,5)6)60-36-34-58-65-56(60)38-40-75(65)62-42-53(74(13)44-77-67(80)54-16-14-15-17-55(54)68(77)81)43-63-64(62)73(58)59-35-37-61(57-39-41-76(63)66(57)59)79(51-30-22-47(23-31-51)71(7,8)9)52-32-24-48(25-33-52)72(10,11)12/h14-43H,44H2,1-13H3. The van der Waals surface area contributed by atoms with E-state index in [9.17, 15) is 9.59 Å². The molecular weight excluding hydrogens is 992 g/mol. The Balaban J connectivity index is 1.02. The monoisotopic (exact) mass is 1060 g/mol. The average Bonchev–Trinajstić information content (AvgIpc) is 4.36. The van der Waals surface area contributed by atoms with E-state index in [1.54, 1.807) is 12.1 Å². The molecule has 81 heavy (non-hydrogen) atoms. The van der Waals surface area contributed by atoms with Gasteiger partial charge in [0.2, 0.25) is 0 Å². The zero-order valence-corrected chi connectivity index (χ0v) is 49.1. The van der Waals surface area contributed by atoms with E-state index in [4.69, 9.17) is 0 Å². The van der Waals surface area contributed by atoms with E-state index in [0.29, 0.717) is 11.1 Å². The van der Waals surface area contributed by atoms with Gasteiger partial charge in [0.25, 0.3) is 18.5 Å². The summed E-state index contributed by atoms with van der Waals surface area (Å²) in [5.41, 5.74) is 21.5. The van der Waals surface area contributed by atoms with Crippen molar-refractivity contribution in [2.75, 3.05) is 28.4 Å². The highest BCUT2D eigenvalue weighted by molar-refractivity contribution is 7.00. The smallest absolute Gasteiger partial charge is 0.263 e. The van der Waals surface area contributed by atoms with Crippen LogP contribution in [0.5, 0.6) is 0 Å². The highest BCUT2D eigenvalue weighted by Gasteiger charge is 2.42. The Morgan fingerprint density at radius 1 is 0.407 bits per heavy atom. The number of fused-ring (bicyclic) bond motifs is 5. The van der Waals surface area contributed by atoms with Crippen LogP contribution in [0.25, 0.3) is 33.2 Å². The minimum atomic E-state index is -0.278. The van der Waals surface area contributed by atoms with Crippen molar-refractivity contribution in [2.45, 2.75) is 105 Å². The highest BCUT2D eigenvalue weighted by Crippen LogP contribution is 2.46. The molecule has 8 nitrogen and oxygen atoms in total. The molecule has 13 rings (SSSR count). The molecule has 3 aliphatic rings. The number of hydrogen-bond acceptors (Lipinski definition) is 5. The van der Waals surface area contributed by atoms with Crippen molar-refractivity contribution in [3.63, 3.8) is 0 Å². The molecule has 0 fully saturated rings. The highest BCUT2D eigenvalue weighted by atomic mass is 16.2. The molecule has 0 saturated heterocycles. The van der Waals surface area contributed by atoms with Crippen LogP contribution in [-0.4, -0.2) is 46.3 Å². The molecule has 0 saturated carbocycles. The van der Waals surface area contributed by atoms with Crippen LogP contribution in [-0.2, 0) is 21.7 Å². The first-order valence-corrected chi connectivity index (χ1v) is 28.6. The SMILES string of the molecule is CN(CN1C(=O)c2ccccc2C1=O)c1cc2c3c(c1)-n1ccc4c(N(c5ccc(C(C)(C)C)cc5)c5ccc(C(C)(C)C)cc5)ccc(c41)B3c1ccc(N(c3ccc(C(C)(C)C)cc3)c3ccc(C(C)(C)C)cc3)c3ccn-2c13. The van der Waals surface area contributed by atoms with Gasteiger partial charge in [-0.25, -0.2) is 0 Å². The van der Waals surface area contributed by atoms with E-state index in [2.05, 4.69) is 260 Å². The minimum Gasteiger partial charge on any atom is -0.356 e.